The van der Waals surface area contributed by atoms with Gasteiger partial charge in [0.1, 0.15) is 5.82 Å². The first-order chi connectivity index (χ1) is 12.7. The van der Waals surface area contributed by atoms with Gasteiger partial charge in [-0.25, -0.2) is 4.39 Å². The van der Waals surface area contributed by atoms with Gasteiger partial charge in [0.05, 0.1) is 6.04 Å². The number of hydrogen-bond acceptors (Lipinski definition) is 2. The van der Waals surface area contributed by atoms with Crippen molar-refractivity contribution in [1.82, 2.24) is 10.2 Å². The molecule has 1 aliphatic rings. The Kier molecular flexibility index (Phi) is 4.29. The van der Waals surface area contributed by atoms with Gasteiger partial charge in [-0.2, -0.15) is 5.10 Å². The number of anilines is 1. The van der Waals surface area contributed by atoms with Gasteiger partial charge in [-0.3, -0.25) is 14.8 Å². The van der Waals surface area contributed by atoms with Crippen LogP contribution in [0.3, 0.4) is 0 Å². The lowest BCUT2D eigenvalue weighted by molar-refractivity contribution is 0.0988. The maximum absolute atomic E-state index is 13.4. The largest absolute Gasteiger partial charge is 0.295 e. The molecule has 5 heteroatoms. The van der Waals surface area contributed by atoms with Crippen molar-refractivity contribution in [2.75, 3.05) is 4.90 Å². The lowest BCUT2D eigenvalue weighted by Crippen LogP contribution is -2.29. The van der Waals surface area contributed by atoms with Crippen LogP contribution in [-0.2, 0) is 6.42 Å². The van der Waals surface area contributed by atoms with E-state index >= 15 is 0 Å². The topological polar surface area (TPSA) is 49.0 Å². The number of halogens is 1. The molecule has 1 aromatic heterocycles. The highest BCUT2D eigenvalue weighted by atomic mass is 19.1. The van der Waals surface area contributed by atoms with E-state index in [1.54, 1.807) is 17.0 Å². The molecule has 0 aliphatic carbocycles. The minimum absolute atomic E-state index is 0.153. The molecule has 1 amide bonds. The molecule has 1 atom stereocenters. The molecule has 4 rings (SSSR count). The molecule has 1 unspecified atom stereocenters. The van der Waals surface area contributed by atoms with E-state index in [9.17, 15) is 9.18 Å². The maximum atomic E-state index is 13.4. The van der Waals surface area contributed by atoms with Crippen molar-refractivity contribution in [3.05, 3.63) is 82.9 Å². The summed E-state index contributed by atoms with van der Waals surface area (Å²) in [6.45, 7) is 2.14. The van der Waals surface area contributed by atoms with E-state index in [1.165, 1.54) is 12.1 Å². The zero-order valence-corrected chi connectivity index (χ0v) is 14.6. The third-order valence-corrected chi connectivity index (χ3v) is 4.84. The minimum atomic E-state index is -0.321. The average Bonchev–Trinajstić information content (AvgIpc) is 3.20. The van der Waals surface area contributed by atoms with Gasteiger partial charge in [-0.1, -0.05) is 43.7 Å². The fourth-order valence-corrected chi connectivity index (χ4v) is 3.57. The summed E-state index contributed by atoms with van der Waals surface area (Å²) in [4.78, 5) is 14.8. The first-order valence-corrected chi connectivity index (χ1v) is 8.92. The normalized spacial score (nSPS) is 16.2. The van der Waals surface area contributed by atoms with Crippen LogP contribution in [0.1, 0.15) is 53.1 Å². The number of benzene rings is 2. The second kappa shape index (κ2) is 6.75. The lowest BCUT2D eigenvalue weighted by atomic mass is 9.97. The number of hydrogen-bond donors (Lipinski definition) is 1. The summed E-state index contributed by atoms with van der Waals surface area (Å²) < 4.78 is 13.4. The predicted molar refractivity (Wildman–Crippen MR) is 98.7 cm³/mol. The molecule has 1 N–H and O–H groups in total. The molecule has 132 valence electrons. The Morgan fingerprint density at radius 3 is 2.54 bits per heavy atom. The van der Waals surface area contributed by atoms with Crippen LogP contribution < -0.4 is 4.90 Å². The third kappa shape index (κ3) is 2.69. The van der Waals surface area contributed by atoms with Gasteiger partial charge in [0, 0.05) is 16.9 Å². The van der Waals surface area contributed by atoms with Crippen LogP contribution in [0.25, 0.3) is 0 Å². The molecule has 0 saturated carbocycles. The Hall–Kier alpha value is -2.95. The number of fused-ring (bicyclic) bond motifs is 1. The molecule has 0 fully saturated rings. The summed E-state index contributed by atoms with van der Waals surface area (Å²) in [6.07, 6.45) is 2.95. The van der Waals surface area contributed by atoms with Gasteiger partial charge in [0.2, 0.25) is 0 Å². The fourth-order valence-electron chi connectivity index (χ4n) is 3.57. The number of nitrogens with zero attached hydrogens (tertiary/aromatic N) is 2. The number of nitrogens with one attached hydrogen (secondary N) is 1. The van der Waals surface area contributed by atoms with Gasteiger partial charge in [-0.15, -0.1) is 0 Å². The monoisotopic (exact) mass is 349 g/mol. The van der Waals surface area contributed by atoms with E-state index in [0.717, 1.165) is 36.1 Å². The third-order valence-electron chi connectivity index (χ3n) is 4.84. The van der Waals surface area contributed by atoms with Crippen molar-refractivity contribution < 1.29 is 9.18 Å². The van der Waals surface area contributed by atoms with Crippen molar-refractivity contribution in [1.29, 1.82) is 0 Å². The van der Waals surface area contributed by atoms with Crippen molar-refractivity contribution in [3.8, 4) is 0 Å². The predicted octanol–water partition coefficient (Wildman–Crippen LogP) is 4.64. The molecule has 0 spiro atoms. The zero-order chi connectivity index (χ0) is 18.1. The van der Waals surface area contributed by atoms with E-state index < -0.39 is 0 Å². The molecule has 2 heterocycles. The van der Waals surface area contributed by atoms with Crippen LogP contribution in [0.2, 0.25) is 0 Å². The fraction of sp³-hybridized carbons (Fsp3) is 0.238. The van der Waals surface area contributed by atoms with Gasteiger partial charge in [0.25, 0.3) is 5.91 Å². The molecule has 1 aliphatic heterocycles. The number of amides is 1. The molecule has 0 saturated heterocycles. The second-order valence-electron chi connectivity index (χ2n) is 6.53. The summed E-state index contributed by atoms with van der Waals surface area (Å²) >= 11 is 0. The molecular weight excluding hydrogens is 329 g/mol. The summed E-state index contributed by atoms with van der Waals surface area (Å²) in [5.74, 6) is -0.474. The molecule has 0 bridgehead atoms. The Morgan fingerprint density at radius 2 is 1.85 bits per heavy atom. The van der Waals surface area contributed by atoms with Gasteiger partial charge in [-0.05, 0) is 42.7 Å². The van der Waals surface area contributed by atoms with Crippen LogP contribution in [0.4, 0.5) is 10.1 Å². The molecule has 3 aromatic rings. The smallest absolute Gasteiger partial charge is 0.279 e. The first kappa shape index (κ1) is 16.5. The standard InChI is InChI=1S/C21H20FN3O/c1-2-3-9-17-18-19(24-23-17)21(26)25(16-12-10-15(22)11-13-16)20(18)14-7-5-4-6-8-14/h4-8,10-13,20H,2-3,9H2,1H3,(H,23,24). The highest BCUT2D eigenvalue weighted by Gasteiger charge is 2.42. The Balaban J connectivity index is 1.85. The van der Waals surface area contributed by atoms with Crippen LogP contribution in [0.15, 0.2) is 54.6 Å². The van der Waals surface area contributed by atoms with E-state index in [2.05, 4.69) is 17.1 Å². The number of rotatable bonds is 5. The Labute approximate surface area is 151 Å². The van der Waals surface area contributed by atoms with Gasteiger partial charge in [0.15, 0.2) is 5.69 Å². The second-order valence-corrected chi connectivity index (χ2v) is 6.53. The number of unbranched alkanes of at least 4 members (excludes halogenated alkanes) is 1. The number of H-pyrrole nitrogens is 1. The summed E-state index contributed by atoms with van der Waals surface area (Å²) in [7, 11) is 0. The van der Waals surface area contributed by atoms with Crippen LogP contribution in [-0.4, -0.2) is 16.1 Å². The summed E-state index contributed by atoms with van der Waals surface area (Å²) in [6, 6.07) is 15.7. The van der Waals surface area contributed by atoms with Crippen LogP contribution in [0.5, 0.6) is 0 Å². The zero-order valence-electron chi connectivity index (χ0n) is 14.6. The van der Waals surface area contributed by atoms with Crippen LogP contribution >= 0.6 is 0 Å². The number of aromatic amines is 1. The molecule has 26 heavy (non-hydrogen) atoms. The van der Waals surface area contributed by atoms with E-state index in [0.29, 0.717) is 11.4 Å². The molecular formula is C21H20FN3O. The van der Waals surface area contributed by atoms with Gasteiger partial charge < -0.3 is 0 Å². The minimum Gasteiger partial charge on any atom is -0.295 e. The first-order valence-electron chi connectivity index (χ1n) is 8.92. The van der Waals surface area contributed by atoms with Crippen molar-refractivity contribution in [2.45, 2.75) is 32.2 Å². The molecule has 4 nitrogen and oxygen atoms in total. The number of aromatic nitrogens is 2. The highest BCUT2D eigenvalue weighted by Crippen LogP contribution is 2.42. The summed E-state index contributed by atoms with van der Waals surface area (Å²) in [5, 5.41) is 7.37. The lowest BCUT2D eigenvalue weighted by Gasteiger charge is -2.26. The van der Waals surface area contributed by atoms with E-state index in [1.807, 2.05) is 30.3 Å². The van der Waals surface area contributed by atoms with Crippen molar-refractivity contribution in [2.24, 2.45) is 0 Å². The van der Waals surface area contributed by atoms with Crippen molar-refractivity contribution >= 4 is 11.6 Å². The number of aryl methyl sites for hydroxylation is 1. The SMILES string of the molecule is CCCCc1[nH]nc2c1C(c1ccccc1)N(c1ccc(F)cc1)C2=O. The maximum Gasteiger partial charge on any atom is 0.279 e. The van der Waals surface area contributed by atoms with E-state index in [-0.39, 0.29) is 17.8 Å². The summed E-state index contributed by atoms with van der Waals surface area (Å²) in [5.41, 5.74) is 4.11. The highest BCUT2D eigenvalue weighted by molar-refractivity contribution is 6.10. The van der Waals surface area contributed by atoms with Gasteiger partial charge >= 0.3 is 0 Å². The van der Waals surface area contributed by atoms with Crippen molar-refractivity contribution in [3.63, 3.8) is 0 Å². The Bertz CT molecular complexity index is 918. The Morgan fingerprint density at radius 1 is 1.12 bits per heavy atom. The quantitative estimate of drug-likeness (QED) is 0.729. The van der Waals surface area contributed by atoms with E-state index in [4.69, 9.17) is 0 Å². The molecule has 2 aromatic carbocycles. The number of carbonyl (C=O) groups is 1. The van der Waals surface area contributed by atoms with Crippen LogP contribution in [0, 0.1) is 5.82 Å². The molecule has 0 radical (unpaired) electrons. The number of carbonyl (C=O) groups excluding carboxylic acids is 1. The average molecular weight is 349 g/mol.